The van der Waals surface area contributed by atoms with Crippen LogP contribution in [0, 0.1) is 5.95 Å². The number of nitrogens with zero attached hydrogens (tertiary/aromatic N) is 7. The van der Waals surface area contributed by atoms with Crippen molar-refractivity contribution in [3.63, 3.8) is 0 Å². The molecule has 0 bridgehead atoms. The van der Waals surface area contributed by atoms with Gasteiger partial charge in [-0.1, -0.05) is 6.07 Å². The zero-order chi connectivity index (χ0) is 22.8. The van der Waals surface area contributed by atoms with Crippen LogP contribution in [0.2, 0.25) is 0 Å². The molecule has 0 aliphatic rings. The fourth-order valence-corrected chi connectivity index (χ4v) is 3.45. The van der Waals surface area contributed by atoms with Crippen molar-refractivity contribution in [2.45, 2.75) is 26.4 Å². The second-order valence-corrected chi connectivity index (χ2v) is 7.83. The van der Waals surface area contributed by atoms with Crippen LogP contribution in [0.3, 0.4) is 0 Å². The molecule has 0 aliphatic heterocycles. The molecule has 33 heavy (non-hydrogen) atoms. The molecule has 164 valence electrons. The fourth-order valence-electron chi connectivity index (χ4n) is 3.45. The van der Waals surface area contributed by atoms with Gasteiger partial charge in [-0.15, -0.1) is 0 Å². The molecule has 0 aromatic carbocycles. The Hall–Kier alpha value is -4.27. The van der Waals surface area contributed by atoms with Gasteiger partial charge in [-0.3, -0.25) is 9.97 Å². The molecular weight excluding hydrogens is 419 g/mol. The van der Waals surface area contributed by atoms with Gasteiger partial charge in [0.2, 0.25) is 5.95 Å². The standard InChI is InChI=1S/C24H21FN8/c1-15(2)33-14-30-21-23(31-22(32-24(21)33)18-6-8-20(25)28-13-18)29-11-16-5-7-19(27-10-16)17-4-3-9-26-12-17/h3-10,12-15H,11H2,1-2H3,(H,29,31,32). The summed E-state index contributed by atoms with van der Waals surface area (Å²) >= 11 is 0. The van der Waals surface area contributed by atoms with Crippen LogP contribution in [0.4, 0.5) is 10.2 Å². The second-order valence-electron chi connectivity index (χ2n) is 7.83. The van der Waals surface area contributed by atoms with Crippen LogP contribution < -0.4 is 5.32 Å². The highest BCUT2D eigenvalue weighted by atomic mass is 19.1. The highest BCUT2D eigenvalue weighted by molar-refractivity contribution is 5.85. The van der Waals surface area contributed by atoms with Gasteiger partial charge in [0.05, 0.1) is 12.0 Å². The maximum absolute atomic E-state index is 13.3. The molecule has 5 aromatic heterocycles. The van der Waals surface area contributed by atoms with E-state index in [4.69, 9.17) is 0 Å². The molecule has 0 amide bonds. The molecule has 5 heterocycles. The van der Waals surface area contributed by atoms with Crippen molar-refractivity contribution in [3.8, 4) is 22.6 Å². The molecular formula is C24H21FN8. The van der Waals surface area contributed by atoms with Crippen LogP contribution in [0.5, 0.6) is 0 Å². The third-order valence-corrected chi connectivity index (χ3v) is 5.21. The van der Waals surface area contributed by atoms with Gasteiger partial charge in [-0.25, -0.2) is 19.9 Å². The van der Waals surface area contributed by atoms with E-state index in [0.717, 1.165) is 16.8 Å². The van der Waals surface area contributed by atoms with Crippen LogP contribution in [-0.4, -0.2) is 34.5 Å². The van der Waals surface area contributed by atoms with E-state index in [-0.39, 0.29) is 6.04 Å². The van der Waals surface area contributed by atoms with E-state index in [0.29, 0.717) is 34.9 Å². The Labute approximate surface area is 189 Å². The van der Waals surface area contributed by atoms with Crippen molar-refractivity contribution in [1.82, 2.24) is 34.5 Å². The van der Waals surface area contributed by atoms with Crippen molar-refractivity contribution in [3.05, 3.63) is 79.0 Å². The molecule has 1 N–H and O–H groups in total. The number of hydrogen-bond acceptors (Lipinski definition) is 7. The first kappa shape index (κ1) is 20.6. The average Bonchev–Trinajstić information content (AvgIpc) is 3.28. The Morgan fingerprint density at radius 2 is 1.85 bits per heavy atom. The predicted octanol–water partition coefficient (Wildman–Crippen LogP) is 4.68. The first-order valence-corrected chi connectivity index (χ1v) is 10.5. The van der Waals surface area contributed by atoms with Gasteiger partial charge in [-0.05, 0) is 49.7 Å². The topological polar surface area (TPSA) is 94.3 Å². The lowest BCUT2D eigenvalue weighted by Gasteiger charge is -2.11. The van der Waals surface area contributed by atoms with Crippen LogP contribution >= 0.6 is 0 Å². The van der Waals surface area contributed by atoms with Gasteiger partial charge in [-0.2, -0.15) is 4.39 Å². The fraction of sp³-hybridized carbons (Fsp3) is 0.167. The van der Waals surface area contributed by atoms with E-state index in [1.165, 1.54) is 12.3 Å². The Balaban J connectivity index is 1.46. The molecule has 5 rings (SSSR count). The van der Waals surface area contributed by atoms with Crippen molar-refractivity contribution in [2.75, 3.05) is 5.32 Å². The van der Waals surface area contributed by atoms with Crippen LogP contribution in [0.15, 0.2) is 67.5 Å². The number of anilines is 1. The van der Waals surface area contributed by atoms with Crippen LogP contribution in [0.25, 0.3) is 33.8 Å². The molecule has 0 saturated heterocycles. The maximum atomic E-state index is 13.3. The Bertz CT molecular complexity index is 1380. The molecule has 9 heteroatoms. The number of nitrogens with one attached hydrogen (secondary N) is 1. The number of halogens is 1. The molecule has 0 unspecified atom stereocenters. The number of hydrogen-bond donors (Lipinski definition) is 1. The van der Waals surface area contributed by atoms with E-state index < -0.39 is 5.95 Å². The minimum atomic E-state index is -0.548. The van der Waals surface area contributed by atoms with E-state index in [1.54, 1.807) is 24.8 Å². The number of pyridine rings is 3. The number of aromatic nitrogens is 7. The largest absolute Gasteiger partial charge is 0.364 e. The summed E-state index contributed by atoms with van der Waals surface area (Å²) < 4.78 is 15.3. The van der Waals surface area contributed by atoms with Gasteiger partial charge in [0.15, 0.2) is 17.3 Å². The summed E-state index contributed by atoms with van der Waals surface area (Å²) in [5, 5.41) is 3.36. The van der Waals surface area contributed by atoms with E-state index >= 15 is 0 Å². The Kier molecular flexibility index (Phi) is 5.43. The van der Waals surface area contributed by atoms with E-state index in [2.05, 4.69) is 49.1 Å². The molecule has 0 fully saturated rings. The minimum Gasteiger partial charge on any atom is -0.364 e. The minimum absolute atomic E-state index is 0.168. The SMILES string of the molecule is CC(C)n1cnc2c(NCc3ccc(-c4cccnc4)nc3)nc(-c3ccc(F)nc3)nc21. The predicted molar refractivity (Wildman–Crippen MR) is 124 cm³/mol. The summed E-state index contributed by atoms with van der Waals surface area (Å²) in [5.41, 5.74) is 4.81. The van der Waals surface area contributed by atoms with E-state index in [1.807, 2.05) is 35.0 Å². The van der Waals surface area contributed by atoms with Crippen molar-refractivity contribution < 1.29 is 4.39 Å². The molecule has 5 aromatic rings. The summed E-state index contributed by atoms with van der Waals surface area (Å²) in [6, 6.07) is 10.9. The molecule has 0 atom stereocenters. The quantitative estimate of drug-likeness (QED) is 0.383. The Morgan fingerprint density at radius 3 is 2.55 bits per heavy atom. The van der Waals surface area contributed by atoms with Gasteiger partial charge < -0.3 is 9.88 Å². The molecule has 0 spiro atoms. The maximum Gasteiger partial charge on any atom is 0.212 e. The first-order chi connectivity index (χ1) is 16.1. The summed E-state index contributed by atoms with van der Waals surface area (Å²) in [4.78, 5) is 26.3. The van der Waals surface area contributed by atoms with Gasteiger partial charge in [0.25, 0.3) is 0 Å². The number of imidazole rings is 1. The van der Waals surface area contributed by atoms with Crippen LogP contribution in [-0.2, 0) is 6.54 Å². The number of fused-ring (bicyclic) bond motifs is 1. The average molecular weight is 440 g/mol. The van der Waals surface area contributed by atoms with Crippen molar-refractivity contribution in [2.24, 2.45) is 0 Å². The van der Waals surface area contributed by atoms with E-state index in [9.17, 15) is 4.39 Å². The molecule has 0 radical (unpaired) electrons. The summed E-state index contributed by atoms with van der Waals surface area (Å²) in [7, 11) is 0. The summed E-state index contributed by atoms with van der Waals surface area (Å²) in [6.07, 6.45) is 8.53. The third kappa shape index (κ3) is 4.25. The highest BCUT2D eigenvalue weighted by Gasteiger charge is 2.16. The number of rotatable bonds is 6. The zero-order valence-corrected chi connectivity index (χ0v) is 18.1. The summed E-state index contributed by atoms with van der Waals surface area (Å²) in [6.45, 7) is 4.62. The van der Waals surface area contributed by atoms with Crippen LogP contribution in [0.1, 0.15) is 25.5 Å². The third-order valence-electron chi connectivity index (χ3n) is 5.21. The smallest absolute Gasteiger partial charge is 0.212 e. The first-order valence-electron chi connectivity index (χ1n) is 10.5. The second kappa shape index (κ2) is 8.70. The lowest BCUT2D eigenvalue weighted by atomic mass is 10.1. The monoisotopic (exact) mass is 440 g/mol. The summed E-state index contributed by atoms with van der Waals surface area (Å²) in [5.74, 6) is 0.493. The zero-order valence-electron chi connectivity index (χ0n) is 18.1. The highest BCUT2D eigenvalue weighted by Crippen LogP contribution is 2.26. The van der Waals surface area contributed by atoms with Crippen molar-refractivity contribution in [1.29, 1.82) is 0 Å². The normalized spacial score (nSPS) is 11.3. The van der Waals surface area contributed by atoms with Gasteiger partial charge in [0, 0.05) is 48.5 Å². The molecule has 0 saturated carbocycles. The lowest BCUT2D eigenvalue weighted by Crippen LogP contribution is -2.06. The lowest BCUT2D eigenvalue weighted by molar-refractivity contribution is 0.584. The van der Waals surface area contributed by atoms with Crippen molar-refractivity contribution >= 4 is 17.0 Å². The van der Waals surface area contributed by atoms with Gasteiger partial charge >= 0.3 is 0 Å². The molecule has 0 aliphatic carbocycles. The van der Waals surface area contributed by atoms with Gasteiger partial charge in [0.1, 0.15) is 5.52 Å². The Morgan fingerprint density at radius 1 is 0.939 bits per heavy atom. The molecule has 8 nitrogen and oxygen atoms in total.